The highest BCUT2D eigenvalue weighted by molar-refractivity contribution is 5.81. The normalized spacial score (nSPS) is 15.7. The van der Waals surface area contributed by atoms with Crippen LogP contribution in [0.4, 0.5) is 0 Å². The zero-order chi connectivity index (χ0) is 21.6. The summed E-state index contributed by atoms with van der Waals surface area (Å²) in [6.45, 7) is 8.66. The van der Waals surface area contributed by atoms with Crippen LogP contribution in [0, 0.1) is 25.2 Å². The summed E-state index contributed by atoms with van der Waals surface area (Å²) in [5, 5.41) is 9.96. The number of nitriles is 1. The minimum absolute atomic E-state index is 0.160. The molecule has 0 amide bonds. The number of aryl methyl sites for hydroxylation is 2. The maximum absolute atomic E-state index is 9.96. The van der Waals surface area contributed by atoms with Gasteiger partial charge < -0.3 is 15.2 Å². The van der Waals surface area contributed by atoms with Crippen LogP contribution >= 0.6 is 0 Å². The van der Waals surface area contributed by atoms with Crippen molar-refractivity contribution in [3.05, 3.63) is 81.7 Å². The van der Waals surface area contributed by atoms with E-state index in [-0.39, 0.29) is 11.8 Å². The van der Waals surface area contributed by atoms with Crippen molar-refractivity contribution in [1.82, 2.24) is 0 Å². The summed E-state index contributed by atoms with van der Waals surface area (Å²) in [5.41, 5.74) is 14.6. The first-order valence-electron chi connectivity index (χ1n) is 10.1. The number of nitrogens with two attached hydrogens (primary N) is 1. The molecular formula is C26H26N2O2. The van der Waals surface area contributed by atoms with Crippen molar-refractivity contribution in [3.63, 3.8) is 0 Å². The monoisotopic (exact) mass is 398 g/mol. The first-order valence-corrected chi connectivity index (χ1v) is 10.1. The molecule has 1 unspecified atom stereocenters. The van der Waals surface area contributed by atoms with Gasteiger partial charge in [-0.2, -0.15) is 5.26 Å². The second-order valence-electron chi connectivity index (χ2n) is 8.22. The van der Waals surface area contributed by atoms with Gasteiger partial charge in [0, 0.05) is 5.56 Å². The molecule has 0 bridgehead atoms. The number of fused-ring (bicyclic) bond motifs is 2. The SMILES string of the molecule is COc1ccc2c(c1)C(c1cc(C)c3cc(C(C)C)ccc(C)c1-3)C(C#N)=C(N)O2. The molecule has 1 aromatic rings. The summed E-state index contributed by atoms with van der Waals surface area (Å²) in [5.74, 6) is 1.65. The van der Waals surface area contributed by atoms with E-state index >= 15 is 0 Å². The van der Waals surface area contributed by atoms with Gasteiger partial charge in [0.25, 0.3) is 0 Å². The lowest BCUT2D eigenvalue weighted by Gasteiger charge is -2.27. The molecule has 0 aromatic heterocycles. The van der Waals surface area contributed by atoms with Gasteiger partial charge in [-0.1, -0.05) is 38.1 Å². The minimum atomic E-state index is -0.311. The minimum Gasteiger partial charge on any atom is -0.497 e. The van der Waals surface area contributed by atoms with Crippen LogP contribution < -0.4 is 15.2 Å². The summed E-state index contributed by atoms with van der Waals surface area (Å²) >= 11 is 0. The van der Waals surface area contributed by atoms with Crippen LogP contribution in [0.15, 0.2) is 53.9 Å². The summed E-state index contributed by atoms with van der Waals surface area (Å²) in [6.07, 6.45) is 0. The maximum atomic E-state index is 9.96. The van der Waals surface area contributed by atoms with Crippen molar-refractivity contribution in [2.75, 3.05) is 7.11 Å². The number of hydrogen-bond acceptors (Lipinski definition) is 4. The zero-order valence-corrected chi connectivity index (χ0v) is 18.0. The molecule has 1 heterocycles. The average molecular weight is 399 g/mol. The second kappa shape index (κ2) is 7.42. The molecule has 0 radical (unpaired) electrons. The molecule has 4 nitrogen and oxygen atoms in total. The van der Waals surface area contributed by atoms with Crippen LogP contribution in [0.2, 0.25) is 0 Å². The quantitative estimate of drug-likeness (QED) is 0.609. The fourth-order valence-corrected chi connectivity index (χ4v) is 4.35. The molecule has 2 N–H and O–H groups in total. The molecule has 1 atom stereocenters. The number of allylic oxidation sites excluding steroid dienone is 1. The summed E-state index contributed by atoms with van der Waals surface area (Å²) in [6, 6.07) is 16.8. The van der Waals surface area contributed by atoms with Crippen LogP contribution in [0.5, 0.6) is 11.5 Å². The number of methoxy groups -OCH3 is 1. The number of nitrogens with zero attached hydrogens (tertiary/aromatic N) is 1. The number of hydrogen-bond donors (Lipinski definition) is 1. The Morgan fingerprint density at radius 1 is 1.03 bits per heavy atom. The van der Waals surface area contributed by atoms with Gasteiger partial charge in [-0.3, -0.25) is 0 Å². The van der Waals surface area contributed by atoms with Crippen molar-refractivity contribution in [2.45, 2.75) is 39.5 Å². The molecule has 152 valence electrons. The Kier molecular flexibility index (Phi) is 4.91. The van der Waals surface area contributed by atoms with Crippen LogP contribution in [-0.4, -0.2) is 7.11 Å². The Hall–Kier alpha value is -3.45. The van der Waals surface area contributed by atoms with E-state index in [9.17, 15) is 5.26 Å². The van der Waals surface area contributed by atoms with Crippen molar-refractivity contribution in [1.29, 1.82) is 5.26 Å². The first kappa shape index (κ1) is 19.8. The molecule has 0 saturated heterocycles. The second-order valence-corrected chi connectivity index (χ2v) is 8.22. The van der Waals surface area contributed by atoms with Crippen molar-refractivity contribution in [3.8, 4) is 28.7 Å². The van der Waals surface area contributed by atoms with E-state index in [2.05, 4.69) is 58.0 Å². The van der Waals surface area contributed by atoms with Gasteiger partial charge in [0.15, 0.2) is 0 Å². The van der Waals surface area contributed by atoms with Gasteiger partial charge in [-0.05, 0) is 71.3 Å². The zero-order valence-electron chi connectivity index (χ0n) is 18.0. The van der Waals surface area contributed by atoms with Gasteiger partial charge in [0.05, 0.1) is 13.0 Å². The third-order valence-electron chi connectivity index (χ3n) is 5.99. The molecule has 2 aliphatic carbocycles. The lowest BCUT2D eigenvalue weighted by Crippen LogP contribution is -2.21. The van der Waals surface area contributed by atoms with E-state index in [0.717, 1.165) is 16.9 Å². The molecule has 4 rings (SSSR count). The molecule has 30 heavy (non-hydrogen) atoms. The molecule has 0 saturated carbocycles. The summed E-state index contributed by atoms with van der Waals surface area (Å²) < 4.78 is 11.2. The van der Waals surface area contributed by atoms with Gasteiger partial charge >= 0.3 is 0 Å². The fraction of sp³-hybridized carbons (Fsp3) is 0.269. The van der Waals surface area contributed by atoms with E-state index in [1.54, 1.807) is 7.11 Å². The predicted molar refractivity (Wildman–Crippen MR) is 119 cm³/mol. The molecule has 0 fully saturated rings. The van der Waals surface area contributed by atoms with Gasteiger partial charge in [-0.25, -0.2) is 0 Å². The van der Waals surface area contributed by atoms with E-state index in [4.69, 9.17) is 15.2 Å². The van der Waals surface area contributed by atoms with Crippen LogP contribution in [0.1, 0.15) is 53.5 Å². The highest BCUT2D eigenvalue weighted by atomic mass is 16.5. The standard InChI is InChI=1S/C26H26N2O2/c1-14(2)17-7-6-15(3)24-19(11-17)16(4)10-21(24)25-20-12-18(29-5)8-9-23(20)30-26(28)22(25)13-27/h6-12,14,25H,28H2,1-5H3. The van der Waals surface area contributed by atoms with E-state index in [1.807, 2.05) is 18.2 Å². The number of benzene rings is 1. The first-order chi connectivity index (χ1) is 14.3. The van der Waals surface area contributed by atoms with E-state index in [1.165, 1.54) is 27.8 Å². The van der Waals surface area contributed by atoms with Crippen LogP contribution in [0.25, 0.3) is 11.1 Å². The van der Waals surface area contributed by atoms with Gasteiger partial charge in [0.1, 0.15) is 23.1 Å². The topological polar surface area (TPSA) is 68.3 Å². The van der Waals surface area contributed by atoms with Gasteiger partial charge in [-0.15, -0.1) is 0 Å². The third kappa shape index (κ3) is 3.07. The van der Waals surface area contributed by atoms with Crippen LogP contribution in [0.3, 0.4) is 0 Å². The third-order valence-corrected chi connectivity index (χ3v) is 5.99. The molecule has 0 spiro atoms. The van der Waals surface area contributed by atoms with Crippen molar-refractivity contribution in [2.24, 2.45) is 5.73 Å². The smallest absolute Gasteiger partial charge is 0.205 e. The Morgan fingerprint density at radius 3 is 2.47 bits per heavy atom. The largest absolute Gasteiger partial charge is 0.497 e. The van der Waals surface area contributed by atoms with E-state index < -0.39 is 0 Å². The predicted octanol–water partition coefficient (Wildman–Crippen LogP) is 5.76. The van der Waals surface area contributed by atoms with Crippen molar-refractivity contribution >= 4 is 0 Å². The lowest BCUT2D eigenvalue weighted by atomic mass is 9.82. The average Bonchev–Trinajstić information content (AvgIpc) is 2.93. The molecule has 1 aliphatic heterocycles. The highest BCUT2D eigenvalue weighted by Gasteiger charge is 2.34. The van der Waals surface area contributed by atoms with Crippen molar-refractivity contribution < 1.29 is 9.47 Å². The number of ether oxygens (including phenoxy) is 2. The molecular weight excluding hydrogens is 372 g/mol. The Balaban J connectivity index is 2.02. The van der Waals surface area contributed by atoms with Gasteiger partial charge in [0.2, 0.25) is 5.88 Å². The van der Waals surface area contributed by atoms with Crippen LogP contribution in [-0.2, 0) is 0 Å². The van der Waals surface area contributed by atoms with E-state index in [0.29, 0.717) is 17.2 Å². The summed E-state index contributed by atoms with van der Waals surface area (Å²) in [7, 11) is 1.63. The summed E-state index contributed by atoms with van der Waals surface area (Å²) in [4.78, 5) is 0. The number of rotatable bonds is 3. The highest BCUT2D eigenvalue weighted by Crippen LogP contribution is 2.49. The maximum Gasteiger partial charge on any atom is 0.205 e. The lowest BCUT2D eigenvalue weighted by molar-refractivity contribution is 0.386. The molecule has 4 heteroatoms. The Morgan fingerprint density at radius 2 is 1.80 bits per heavy atom. The fourth-order valence-electron chi connectivity index (χ4n) is 4.35. The molecule has 3 aliphatic rings. The molecule has 1 aromatic carbocycles. The Bertz CT molecular complexity index is 1180. The Labute approximate surface area is 177 Å².